The van der Waals surface area contributed by atoms with Crippen molar-refractivity contribution in [1.29, 1.82) is 0 Å². The van der Waals surface area contributed by atoms with Gasteiger partial charge in [-0.15, -0.1) is 0 Å². The highest BCUT2D eigenvalue weighted by atomic mass is 16.5. The van der Waals surface area contributed by atoms with E-state index in [4.69, 9.17) is 4.74 Å². The topological polar surface area (TPSA) is 66.0 Å². The van der Waals surface area contributed by atoms with Gasteiger partial charge in [-0.25, -0.2) is 0 Å². The van der Waals surface area contributed by atoms with Gasteiger partial charge in [0.25, 0.3) is 5.91 Å². The second-order valence-corrected chi connectivity index (χ2v) is 6.54. The molecule has 6 nitrogen and oxygen atoms in total. The summed E-state index contributed by atoms with van der Waals surface area (Å²) in [6.07, 6.45) is 0.803. The molecule has 0 saturated heterocycles. The number of para-hydroxylation sites is 1. The van der Waals surface area contributed by atoms with Crippen LogP contribution in [-0.4, -0.2) is 57.6 Å². The number of benzene rings is 2. The summed E-state index contributed by atoms with van der Waals surface area (Å²) < 4.78 is 5.86. The number of carbonyl (C=O) groups excluding carboxylic acids is 1. The van der Waals surface area contributed by atoms with Crippen LogP contribution in [-0.2, 0) is 6.42 Å². The third-order valence-electron chi connectivity index (χ3n) is 4.46. The van der Waals surface area contributed by atoms with Gasteiger partial charge >= 0.3 is 0 Å². The molecule has 1 amide bonds. The largest absolute Gasteiger partial charge is 0.491 e. The number of guanidine groups is 1. The number of likely N-dealkylation sites (N-methyl/N-ethyl adjacent to an activating group) is 1. The molecule has 0 aliphatic rings. The Labute approximate surface area is 167 Å². The van der Waals surface area contributed by atoms with Gasteiger partial charge in [-0.2, -0.15) is 0 Å². The molecule has 0 radical (unpaired) electrons. The molecule has 0 fully saturated rings. The lowest BCUT2D eigenvalue weighted by atomic mass is 10.1. The summed E-state index contributed by atoms with van der Waals surface area (Å²) in [4.78, 5) is 18.1. The van der Waals surface area contributed by atoms with Crippen molar-refractivity contribution in [2.24, 2.45) is 4.99 Å². The predicted molar refractivity (Wildman–Crippen MR) is 114 cm³/mol. The van der Waals surface area contributed by atoms with Gasteiger partial charge in [0.15, 0.2) is 5.96 Å². The maximum Gasteiger partial charge on any atom is 0.251 e. The number of aliphatic imine (C=N–C) groups is 1. The Bertz CT molecular complexity index is 805. The number of aryl methyl sites for hydroxylation is 1. The van der Waals surface area contributed by atoms with Crippen LogP contribution in [0.4, 0.5) is 0 Å². The highest BCUT2D eigenvalue weighted by Crippen LogP contribution is 2.15. The van der Waals surface area contributed by atoms with E-state index >= 15 is 0 Å². The van der Waals surface area contributed by atoms with Crippen LogP contribution in [0, 0.1) is 6.92 Å². The van der Waals surface area contributed by atoms with Crippen molar-refractivity contribution in [2.45, 2.75) is 13.3 Å². The van der Waals surface area contributed by atoms with Gasteiger partial charge in [0, 0.05) is 33.3 Å². The Hall–Kier alpha value is -3.02. The van der Waals surface area contributed by atoms with E-state index in [0.717, 1.165) is 42.3 Å². The fourth-order valence-electron chi connectivity index (χ4n) is 2.83. The maximum absolute atomic E-state index is 11.7. The van der Waals surface area contributed by atoms with Crippen LogP contribution >= 0.6 is 0 Å². The Morgan fingerprint density at radius 2 is 1.96 bits per heavy atom. The highest BCUT2D eigenvalue weighted by molar-refractivity contribution is 5.94. The third kappa shape index (κ3) is 6.30. The fraction of sp³-hybridized carbons (Fsp3) is 0.364. The first-order valence-electron chi connectivity index (χ1n) is 9.46. The van der Waals surface area contributed by atoms with Gasteiger partial charge in [0.2, 0.25) is 0 Å². The molecule has 0 aliphatic carbocycles. The molecule has 0 heterocycles. The van der Waals surface area contributed by atoms with Crippen molar-refractivity contribution in [3.05, 3.63) is 65.2 Å². The average molecular weight is 383 g/mol. The molecule has 6 heteroatoms. The van der Waals surface area contributed by atoms with Crippen molar-refractivity contribution in [3.63, 3.8) is 0 Å². The van der Waals surface area contributed by atoms with Crippen molar-refractivity contribution in [2.75, 3.05) is 40.8 Å². The Kier molecular flexibility index (Phi) is 8.34. The van der Waals surface area contributed by atoms with E-state index in [1.165, 1.54) is 0 Å². The molecule has 0 aromatic heterocycles. The first-order chi connectivity index (χ1) is 13.5. The molecule has 0 atom stereocenters. The normalized spacial score (nSPS) is 11.1. The van der Waals surface area contributed by atoms with E-state index in [-0.39, 0.29) is 5.91 Å². The van der Waals surface area contributed by atoms with Crippen LogP contribution in [0.1, 0.15) is 21.5 Å². The Balaban J connectivity index is 1.79. The number of nitrogens with zero attached hydrogens (tertiary/aromatic N) is 2. The zero-order chi connectivity index (χ0) is 20.4. The standard InChI is InChI=1S/C22H30N4O2/c1-17-8-5-6-11-20(17)28-15-14-26(4)22(24-3)25-13-12-18-9-7-10-19(16-18)21(27)23-2/h5-11,16H,12-15H2,1-4H3,(H,23,27)(H,24,25). The molecule has 0 aliphatic heterocycles. The van der Waals surface area contributed by atoms with Crippen LogP contribution in [0.3, 0.4) is 0 Å². The number of nitrogens with one attached hydrogen (secondary N) is 2. The molecule has 2 aromatic carbocycles. The van der Waals surface area contributed by atoms with E-state index in [1.807, 2.05) is 67.4 Å². The van der Waals surface area contributed by atoms with Gasteiger partial charge in [0.1, 0.15) is 12.4 Å². The number of carbonyl (C=O) groups is 1. The minimum absolute atomic E-state index is 0.0704. The van der Waals surface area contributed by atoms with Crippen LogP contribution < -0.4 is 15.4 Å². The average Bonchev–Trinajstić information content (AvgIpc) is 2.72. The summed E-state index contributed by atoms with van der Waals surface area (Å²) in [5, 5.41) is 6.01. The molecule has 0 saturated carbocycles. The van der Waals surface area contributed by atoms with E-state index in [1.54, 1.807) is 14.1 Å². The van der Waals surface area contributed by atoms with E-state index in [0.29, 0.717) is 12.2 Å². The van der Waals surface area contributed by atoms with Gasteiger partial charge in [-0.3, -0.25) is 9.79 Å². The molecule has 0 bridgehead atoms. The van der Waals surface area contributed by atoms with E-state index < -0.39 is 0 Å². The first-order valence-corrected chi connectivity index (χ1v) is 9.46. The summed E-state index contributed by atoms with van der Waals surface area (Å²) >= 11 is 0. The van der Waals surface area contributed by atoms with Crippen LogP contribution in [0.25, 0.3) is 0 Å². The van der Waals surface area contributed by atoms with Crippen molar-refractivity contribution >= 4 is 11.9 Å². The molecular formula is C22H30N4O2. The Morgan fingerprint density at radius 1 is 1.18 bits per heavy atom. The lowest BCUT2D eigenvalue weighted by Crippen LogP contribution is -2.41. The number of hydrogen-bond acceptors (Lipinski definition) is 3. The highest BCUT2D eigenvalue weighted by Gasteiger charge is 2.07. The van der Waals surface area contributed by atoms with Crippen LogP contribution in [0.15, 0.2) is 53.5 Å². The molecule has 2 aromatic rings. The smallest absolute Gasteiger partial charge is 0.251 e. The molecule has 2 rings (SSSR count). The maximum atomic E-state index is 11.7. The van der Waals surface area contributed by atoms with Gasteiger partial charge < -0.3 is 20.3 Å². The molecule has 0 spiro atoms. The molecule has 2 N–H and O–H groups in total. The summed E-state index contributed by atoms with van der Waals surface area (Å²) in [5.41, 5.74) is 2.91. The first kappa shape index (κ1) is 21.3. The van der Waals surface area contributed by atoms with Crippen LogP contribution in [0.5, 0.6) is 5.75 Å². The molecule has 28 heavy (non-hydrogen) atoms. The molecule has 150 valence electrons. The Morgan fingerprint density at radius 3 is 2.68 bits per heavy atom. The van der Waals surface area contributed by atoms with E-state index in [2.05, 4.69) is 15.6 Å². The minimum Gasteiger partial charge on any atom is -0.491 e. The van der Waals surface area contributed by atoms with Crippen molar-refractivity contribution in [1.82, 2.24) is 15.5 Å². The minimum atomic E-state index is -0.0704. The van der Waals surface area contributed by atoms with E-state index in [9.17, 15) is 4.79 Å². The number of hydrogen-bond donors (Lipinski definition) is 2. The lowest BCUT2D eigenvalue weighted by molar-refractivity contribution is 0.0963. The second kappa shape index (κ2) is 11.0. The predicted octanol–water partition coefficient (Wildman–Crippen LogP) is 2.48. The van der Waals surface area contributed by atoms with Crippen LogP contribution in [0.2, 0.25) is 0 Å². The monoisotopic (exact) mass is 382 g/mol. The van der Waals surface area contributed by atoms with Gasteiger partial charge in [0.05, 0.1) is 6.54 Å². The van der Waals surface area contributed by atoms with Gasteiger partial charge in [-0.1, -0.05) is 30.3 Å². The number of amides is 1. The molecule has 0 unspecified atom stereocenters. The third-order valence-corrected chi connectivity index (χ3v) is 4.46. The lowest BCUT2D eigenvalue weighted by Gasteiger charge is -2.22. The summed E-state index contributed by atoms with van der Waals surface area (Å²) in [6, 6.07) is 15.7. The van der Waals surface area contributed by atoms with Crippen molar-refractivity contribution in [3.8, 4) is 5.75 Å². The zero-order valence-corrected chi connectivity index (χ0v) is 17.2. The quantitative estimate of drug-likeness (QED) is 0.544. The number of ether oxygens (including phenoxy) is 1. The second-order valence-electron chi connectivity index (χ2n) is 6.54. The number of rotatable bonds is 8. The summed E-state index contributed by atoms with van der Waals surface area (Å²) in [6.45, 7) is 4.07. The fourth-order valence-corrected chi connectivity index (χ4v) is 2.83. The summed E-state index contributed by atoms with van der Waals surface area (Å²) in [5.74, 6) is 1.66. The van der Waals surface area contributed by atoms with Crippen molar-refractivity contribution < 1.29 is 9.53 Å². The van der Waals surface area contributed by atoms with Gasteiger partial charge in [-0.05, 0) is 42.7 Å². The molecular weight excluding hydrogens is 352 g/mol. The SMILES string of the molecule is CN=C(NCCc1cccc(C(=O)NC)c1)N(C)CCOc1ccccc1C. The zero-order valence-electron chi connectivity index (χ0n) is 17.2. The summed E-state index contributed by atoms with van der Waals surface area (Å²) in [7, 11) is 5.40.